The number of hydrogen-bond donors (Lipinski definition) is 0. The van der Waals surface area contributed by atoms with Crippen molar-refractivity contribution in [3.05, 3.63) is 71.2 Å². The van der Waals surface area contributed by atoms with Crippen LogP contribution in [0, 0.1) is 11.3 Å². The van der Waals surface area contributed by atoms with Crippen molar-refractivity contribution in [2.45, 2.75) is 0 Å². The van der Waals surface area contributed by atoms with E-state index in [0.29, 0.717) is 10.6 Å². The van der Waals surface area contributed by atoms with Gasteiger partial charge in [-0.3, -0.25) is 0 Å². The van der Waals surface area contributed by atoms with Gasteiger partial charge in [-0.05, 0) is 41.5 Å². The van der Waals surface area contributed by atoms with Crippen molar-refractivity contribution in [1.82, 2.24) is 0 Å². The predicted molar refractivity (Wildman–Crippen MR) is 88.9 cm³/mol. The molecule has 0 saturated heterocycles. The molecule has 0 aliphatic rings. The second-order valence-corrected chi connectivity index (χ2v) is 5.55. The zero-order chi connectivity index (χ0) is 15.1. The van der Waals surface area contributed by atoms with E-state index in [2.05, 4.69) is 12.1 Å². The van der Waals surface area contributed by atoms with Crippen molar-refractivity contribution in [3.8, 4) is 17.2 Å². The molecule has 104 valence electrons. The molecule has 2 nitrogen and oxygen atoms in total. The van der Waals surface area contributed by atoms with Crippen molar-refractivity contribution in [1.29, 1.82) is 5.26 Å². The van der Waals surface area contributed by atoms with E-state index in [1.807, 2.05) is 54.6 Å². The molecule has 0 fully saturated rings. The fraction of sp³-hybridized carbons (Fsp3) is 0. The number of furan rings is 1. The molecule has 1 aromatic heterocycles. The summed E-state index contributed by atoms with van der Waals surface area (Å²) < 4.78 is 5.90. The van der Waals surface area contributed by atoms with Gasteiger partial charge >= 0.3 is 0 Å². The summed E-state index contributed by atoms with van der Waals surface area (Å²) in [4.78, 5) is 0. The topological polar surface area (TPSA) is 36.9 Å². The monoisotopic (exact) mass is 303 g/mol. The summed E-state index contributed by atoms with van der Waals surface area (Å²) in [5.41, 5.74) is 4.41. The number of halogens is 1. The molecule has 0 N–H and O–H groups in total. The Morgan fingerprint density at radius 2 is 1.73 bits per heavy atom. The Kier molecular flexibility index (Phi) is 2.89. The van der Waals surface area contributed by atoms with Gasteiger partial charge in [0, 0.05) is 21.9 Å². The lowest BCUT2D eigenvalue weighted by atomic mass is 9.99. The first kappa shape index (κ1) is 12.9. The number of fused-ring (bicyclic) bond motifs is 3. The van der Waals surface area contributed by atoms with Crippen LogP contribution in [0.5, 0.6) is 0 Å². The average molecular weight is 304 g/mol. The first-order chi connectivity index (χ1) is 10.8. The summed E-state index contributed by atoms with van der Waals surface area (Å²) >= 11 is 6.05. The van der Waals surface area contributed by atoms with Crippen LogP contribution in [0.2, 0.25) is 5.02 Å². The van der Waals surface area contributed by atoms with Gasteiger partial charge in [-0.25, -0.2) is 0 Å². The summed E-state index contributed by atoms with van der Waals surface area (Å²) in [6.07, 6.45) is 0. The highest BCUT2D eigenvalue weighted by Crippen LogP contribution is 2.37. The molecular weight excluding hydrogens is 294 g/mol. The Hall–Kier alpha value is -2.76. The fourth-order valence-electron chi connectivity index (χ4n) is 2.76. The molecule has 1 heterocycles. The first-order valence-electron chi connectivity index (χ1n) is 6.87. The number of benzene rings is 3. The quantitative estimate of drug-likeness (QED) is 0.447. The summed E-state index contributed by atoms with van der Waals surface area (Å²) in [6, 6.07) is 21.4. The van der Waals surface area contributed by atoms with Crippen LogP contribution >= 0.6 is 11.6 Å². The zero-order valence-electron chi connectivity index (χ0n) is 11.5. The molecule has 3 heteroatoms. The van der Waals surface area contributed by atoms with Gasteiger partial charge in [0.25, 0.3) is 0 Å². The highest BCUT2D eigenvalue weighted by atomic mass is 35.5. The van der Waals surface area contributed by atoms with Crippen molar-refractivity contribution < 1.29 is 4.42 Å². The number of nitrogens with zero attached hydrogens (tertiary/aromatic N) is 1. The summed E-state index contributed by atoms with van der Waals surface area (Å²) in [5.74, 6) is 0. The molecule has 4 aromatic rings. The van der Waals surface area contributed by atoms with Gasteiger partial charge in [0.05, 0.1) is 11.6 Å². The smallest absolute Gasteiger partial charge is 0.136 e. The van der Waals surface area contributed by atoms with Crippen LogP contribution in [0.4, 0.5) is 0 Å². The van der Waals surface area contributed by atoms with Gasteiger partial charge in [0.15, 0.2) is 0 Å². The predicted octanol–water partition coefficient (Wildman–Crippen LogP) is 5.78. The molecule has 0 aliphatic heterocycles. The molecule has 0 bridgehead atoms. The van der Waals surface area contributed by atoms with E-state index in [9.17, 15) is 0 Å². The maximum Gasteiger partial charge on any atom is 0.136 e. The van der Waals surface area contributed by atoms with Crippen LogP contribution in [-0.2, 0) is 0 Å². The van der Waals surface area contributed by atoms with Crippen LogP contribution in [-0.4, -0.2) is 0 Å². The molecule has 3 aromatic carbocycles. The van der Waals surface area contributed by atoms with E-state index >= 15 is 0 Å². The molecule has 0 amide bonds. The minimum absolute atomic E-state index is 0.653. The van der Waals surface area contributed by atoms with Crippen molar-refractivity contribution in [2.24, 2.45) is 0 Å². The second kappa shape index (κ2) is 4.91. The Morgan fingerprint density at radius 3 is 2.50 bits per heavy atom. The van der Waals surface area contributed by atoms with Crippen molar-refractivity contribution in [2.75, 3.05) is 0 Å². The van der Waals surface area contributed by atoms with Crippen LogP contribution in [0.3, 0.4) is 0 Å². The van der Waals surface area contributed by atoms with Crippen molar-refractivity contribution >= 4 is 33.5 Å². The van der Waals surface area contributed by atoms with E-state index in [1.54, 1.807) is 0 Å². The third kappa shape index (κ3) is 1.95. The van der Waals surface area contributed by atoms with Gasteiger partial charge in [-0.15, -0.1) is 0 Å². The molecule has 0 atom stereocenters. The third-order valence-electron chi connectivity index (χ3n) is 3.78. The minimum Gasteiger partial charge on any atom is -0.456 e. The average Bonchev–Trinajstić information content (AvgIpc) is 2.92. The van der Waals surface area contributed by atoms with Gasteiger partial charge < -0.3 is 4.42 Å². The van der Waals surface area contributed by atoms with Crippen LogP contribution < -0.4 is 0 Å². The molecule has 0 radical (unpaired) electrons. The largest absolute Gasteiger partial charge is 0.456 e. The summed E-state index contributed by atoms with van der Waals surface area (Å²) in [7, 11) is 0. The summed E-state index contributed by atoms with van der Waals surface area (Å²) in [5, 5.41) is 11.7. The minimum atomic E-state index is 0.653. The van der Waals surface area contributed by atoms with E-state index in [-0.39, 0.29) is 0 Å². The lowest BCUT2D eigenvalue weighted by molar-refractivity contribution is 0.669. The molecule has 0 unspecified atom stereocenters. The van der Waals surface area contributed by atoms with E-state index in [0.717, 1.165) is 33.1 Å². The molecule has 0 aliphatic carbocycles. The fourth-order valence-corrected chi connectivity index (χ4v) is 2.93. The third-order valence-corrected chi connectivity index (χ3v) is 4.02. The van der Waals surface area contributed by atoms with Crippen LogP contribution in [0.25, 0.3) is 33.1 Å². The molecule has 0 saturated carbocycles. The van der Waals surface area contributed by atoms with Gasteiger partial charge in [0.1, 0.15) is 11.2 Å². The van der Waals surface area contributed by atoms with E-state index in [4.69, 9.17) is 21.3 Å². The van der Waals surface area contributed by atoms with Gasteiger partial charge in [-0.1, -0.05) is 35.9 Å². The van der Waals surface area contributed by atoms with Crippen LogP contribution in [0.1, 0.15) is 5.56 Å². The molecular formula is C19H10ClNO. The SMILES string of the molecule is N#Cc1ccc(-c2cccc3oc4cc(Cl)ccc4c23)cc1. The Bertz CT molecular complexity index is 1040. The van der Waals surface area contributed by atoms with Gasteiger partial charge in [-0.2, -0.15) is 5.26 Å². The van der Waals surface area contributed by atoms with E-state index < -0.39 is 0 Å². The molecule has 22 heavy (non-hydrogen) atoms. The highest BCUT2D eigenvalue weighted by Gasteiger charge is 2.12. The number of rotatable bonds is 1. The molecule has 4 rings (SSSR count). The Labute approximate surface area is 132 Å². The number of hydrogen-bond acceptors (Lipinski definition) is 2. The Balaban J connectivity index is 2.04. The van der Waals surface area contributed by atoms with Crippen molar-refractivity contribution in [3.63, 3.8) is 0 Å². The summed E-state index contributed by atoms with van der Waals surface area (Å²) in [6.45, 7) is 0. The zero-order valence-corrected chi connectivity index (χ0v) is 12.3. The highest BCUT2D eigenvalue weighted by molar-refractivity contribution is 6.31. The van der Waals surface area contributed by atoms with Crippen LogP contribution in [0.15, 0.2) is 65.1 Å². The number of nitriles is 1. The lowest BCUT2D eigenvalue weighted by Gasteiger charge is -2.04. The first-order valence-corrected chi connectivity index (χ1v) is 7.25. The maximum atomic E-state index is 8.93. The van der Waals surface area contributed by atoms with E-state index in [1.165, 1.54) is 0 Å². The molecule has 0 spiro atoms. The second-order valence-electron chi connectivity index (χ2n) is 5.11. The maximum absolute atomic E-state index is 8.93. The standard InChI is InChI=1S/C19H10ClNO/c20-14-8-9-16-18(10-14)22-17-3-1-2-15(19(16)17)13-6-4-12(11-21)5-7-13/h1-10H. The normalized spacial score (nSPS) is 10.9. The Morgan fingerprint density at radius 1 is 0.909 bits per heavy atom. The lowest BCUT2D eigenvalue weighted by Crippen LogP contribution is -1.80. The van der Waals surface area contributed by atoms with Gasteiger partial charge in [0.2, 0.25) is 0 Å².